The van der Waals surface area contributed by atoms with Crippen LogP contribution in [0, 0.1) is 23.7 Å². The molecule has 0 amide bonds. The fourth-order valence-corrected chi connectivity index (χ4v) is 5.46. The van der Waals surface area contributed by atoms with Gasteiger partial charge in [0, 0.05) is 6.61 Å². The molecule has 34 heavy (non-hydrogen) atoms. The van der Waals surface area contributed by atoms with E-state index in [2.05, 4.69) is 47.6 Å². The molecule has 0 heterocycles. The third-order valence-electron chi connectivity index (χ3n) is 8.44. The van der Waals surface area contributed by atoms with Crippen LogP contribution < -0.4 is 0 Å². The van der Waals surface area contributed by atoms with Gasteiger partial charge in [-0.25, -0.2) is 0 Å². The normalized spacial score (nSPS) is 26.7. The van der Waals surface area contributed by atoms with Crippen molar-refractivity contribution in [2.24, 2.45) is 23.7 Å². The van der Waals surface area contributed by atoms with Crippen molar-refractivity contribution in [2.75, 3.05) is 6.61 Å². The van der Waals surface area contributed by atoms with Crippen LogP contribution in [0.2, 0.25) is 0 Å². The van der Waals surface area contributed by atoms with Crippen LogP contribution in [-0.4, -0.2) is 34.6 Å². The fourth-order valence-electron chi connectivity index (χ4n) is 5.46. The quantitative estimate of drug-likeness (QED) is 0.144. The van der Waals surface area contributed by atoms with E-state index < -0.39 is 5.60 Å². The van der Waals surface area contributed by atoms with Crippen molar-refractivity contribution in [1.82, 2.24) is 0 Å². The van der Waals surface area contributed by atoms with Gasteiger partial charge in [-0.3, -0.25) is 0 Å². The standard InChI is InChI=1S/C31H60O3/c1-8-10-12-15-24(3)16-13-20-31(7,33)21-14-17-25(4)18-19-28-23-29(32)26(5)27(6)30(28)34-22-11-9-2/h23-27,29-30,32-33H,8-22H2,1-7H3. The van der Waals surface area contributed by atoms with Crippen LogP contribution in [0.3, 0.4) is 0 Å². The van der Waals surface area contributed by atoms with E-state index in [9.17, 15) is 10.2 Å². The Bertz CT molecular complexity index is 541. The zero-order chi connectivity index (χ0) is 25.6. The Morgan fingerprint density at radius 1 is 0.853 bits per heavy atom. The monoisotopic (exact) mass is 480 g/mol. The van der Waals surface area contributed by atoms with E-state index in [1.807, 2.05) is 6.92 Å². The van der Waals surface area contributed by atoms with Gasteiger partial charge in [0.15, 0.2) is 0 Å². The van der Waals surface area contributed by atoms with Crippen LogP contribution in [0.15, 0.2) is 11.6 Å². The molecule has 1 aliphatic rings. The summed E-state index contributed by atoms with van der Waals surface area (Å²) in [5, 5.41) is 21.4. The molecule has 0 aliphatic heterocycles. The first-order chi connectivity index (χ1) is 16.1. The van der Waals surface area contributed by atoms with E-state index in [4.69, 9.17) is 4.74 Å². The maximum atomic E-state index is 10.9. The van der Waals surface area contributed by atoms with Gasteiger partial charge in [-0.1, -0.05) is 105 Å². The maximum Gasteiger partial charge on any atom is 0.0815 e. The summed E-state index contributed by atoms with van der Waals surface area (Å²) >= 11 is 0. The average molecular weight is 481 g/mol. The minimum atomic E-state index is -0.525. The molecule has 0 bridgehead atoms. The molecule has 202 valence electrons. The summed E-state index contributed by atoms with van der Waals surface area (Å²) in [7, 11) is 0. The number of hydrogen-bond donors (Lipinski definition) is 2. The Hall–Kier alpha value is -0.380. The lowest BCUT2D eigenvalue weighted by Gasteiger charge is -2.38. The van der Waals surface area contributed by atoms with Gasteiger partial charge in [0.05, 0.1) is 17.8 Å². The molecule has 7 atom stereocenters. The second kappa shape index (κ2) is 17.1. The van der Waals surface area contributed by atoms with E-state index in [-0.39, 0.29) is 18.1 Å². The maximum absolute atomic E-state index is 10.9. The van der Waals surface area contributed by atoms with Gasteiger partial charge >= 0.3 is 0 Å². The lowest BCUT2D eigenvalue weighted by atomic mass is 9.76. The molecule has 1 rings (SSSR count). The summed E-state index contributed by atoms with van der Waals surface area (Å²) in [6.07, 6.45) is 18.1. The topological polar surface area (TPSA) is 49.7 Å². The molecule has 0 saturated carbocycles. The number of unbranched alkanes of at least 4 members (excludes halogenated alkanes) is 3. The second-order valence-corrected chi connectivity index (χ2v) is 12.1. The van der Waals surface area contributed by atoms with E-state index in [0.717, 1.165) is 70.3 Å². The van der Waals surface area contributed by atoms with Crippen LogP contribution >= 0.6 is 0 Å². The molecule has 0 spiro atoms. The van der Waals surface area contributed by atoms with Crippen molar-refractivity contribution in [1.29, 1.82) is 0 Å². The Balaban J connectivity index is 2.36. The average Bonchev–Trinajstić information content (AvgIpc) is 2.77. The highest BCUT2D eigenvalue weighted by atomic mass is 16.5. The Kier molecular flexibility index (Phi) is 16.0. The molecule has 3 nitrogen and oxygen atoms in total. The number of ether oxygens (including phenoxy) is 1. The van der Waals surface area contributed by atoms with E-state index in [1.165, 1.54) is 37.7 Å². The summed E-state index contributed by atoms with van der Waals surface area (Å²) in [6.45, 7) is 16.4. The first-order valence-electron chi connectivity index (χ1n) is 14.8. The highest BCUT2D eigenvalue weighted by molar-refractivity contribution is 5.18. The van der Waals surface area contributed by atoms with Crippen LogP contribution in [0.5, 0.6) is 0 Å². The summed E-state index contributed by atoms with van der Waals surface area (Å²) in [6, 6.07) is 0. The molecule has 0 aromatic heterocycles. The zero-order valence-electron chi connectivity index (χ0n) is 24.0. The Labute approximate surface area is 213 Å². The van der Waals surface area contributed by atoms with Crippen molar-refractivity contribution >= 4 is 0 Å². The highest BCUT2D eigenvalue weighted by Crippen LogP contribution is 2.35. The highest BCUT2D eigenvalue weighted by Gasteiger charge is 2.34. The SMILES string of the molecule is CCCCCC(C)CCCC(C)(O)CCCC(C)CCC1=CC(O)C(C)C(C)C1OCCCC. The van der Waals surface area contributed by atoms with Gasteiger partial charge in [-0.05, 0) is 68.3 Å². The van der Waals surface area contributed by atoms with Gasteiger partial charge in [0.25, 0.3) is 0 Å². The molecule has 7 unspecified atom stereocenters. The molecular weight excluding hydrogens is 420 g/mol. The smallest absolute Gasteiger partial charge is 0.0815 e. The van der Waals surface area contributed by atoms with Gasteiger partial charge in [0.1, 0.15) is 0 Å². The molecule has 2 N–H and O–H groups in total. The van der Waals surface area contributed by atoms with Crippen molar-refractivity contribution in [3.63, 3.8) is 0 Å². The molecule has 0 saturated heterocycles. The van der Waals surface area contributed by atoms with E-state index >= 15 is 0 Å². The first kappa shape index (κ1) is 31.6. The number of aliphatic hydroxyl groups is 2. The van der Waals surface area contributed by atoms with Gasteiger partial charge in [-0.2, -0.15) is 0 Å². The van der Waals surface area contributed by atoms with Gasteiger partial charge < -0.3 is 14.9 Å². The summed E-state index contributed by atoms with van der Waals surface area (Å²) in [5.74, 6) is 2.01. The molecule has 0 radical (unpaired) electrons. The van der Waals surface area contributed by atoms with Crippen molar-refractivity contribution < 1.29 is 14.9 Å². The van der Waals surface area contributed by atoms with E-state index in [1.54, 1.807) is 0 Å². The van der Waals surface area contributed by atoms with Crippen molar-refractivity contribution in [3.8, 4) is 0 Å². The van der Waals surface area contributed by atoms with Gasteiger partial charge in [-0.15, -0.1) is 0 Å². The van der Waals surface area contributed by atoms with Crippen molar-refractivity contribution in [2.45, 2.75) is 156 Å². The third-order valence-corrected chi connectivity index (χ3v) is 8.44. The fraction of sp³-hybridized carbons (Fsp3) is 0.935. The molecule has 3 heteroatoms. The van der Waals surface area contributed by atoms with E-state index in [0.29, 0.717) is 11.8 Å². The summed E-state index contributed by atoms with van der Waals surface area (Å²) in [5.41, 5.74) is 0.781. The number of rotatable bonds is 19. The third kappa shape index (κ3) is 12.5. The van der Waals surface area contributed by atoms with Crippen LogP contribution in [0.4, 0.5) is 0 Å². The van der Waals surface area contributed by atoms with Crippen LogP contribution in [-0.2, 0) is 4.74 Å². The Morgan fingerprint density at radius 2 is 1.41 bits per heavy atom. The second-order valence-electron chi connectivity index (χ2n) is 12.1. The predicted octanol–water partition coefficient (Wildman–Crippen LogP) is 8.47. The van der Waals surface area contributed by atoms with Crippen LogP contribution in [0.1, 0.15) is 138 Å². The first-order valence-corrected chi connectivity index (χ1v) is 14.8. The Morgan fingerprint density at radius 3 is 2.00 bits per heavy atom. The minimum Gasteiger partial charge on any atom is -0.390 e. The summed E-state index contributed by atoms with van der Waals surface area (Å²) < 4.78 is 6.29. The minimum absolute atomic E-state index is 0.155. The van der Waals surface area contributed by atoms with Gasteiger partial charge in [0.2, 0.25) is 0 Å². The number of aliphatic hydroxyl groups excluding tert-OH is 1. The lowest BCUT2D eigenvalue weighted by Crippen LogP contribution is -2.39. The lowest BCUT2D eigenvalue weighted by molar-refractivity contribution is -0.0123. The number of hydrogen-bond acceptors (Lipinski definition) is 3. The predicted molar refractivity (Wildman–Crippen MR) is 147 cm³/mol. The molecule has 0 aromatic rings. The molecule has 0 fully saturated rings. The summed E-state index contributed by atoms with van der Waals surface area (Å²) in [4.78, 5) is 0. The molecule has 1 aliphatic carbocycles. The largest absolute Gasteiger partial charge is 0.390 e. The van der Waals surface area contributed by atoms with Crippen LogP contribution in [0.25, 0.3) is 0 Å². The van der Waals surface area contributed by atoms with Crippen molar-refractivity contribution in [3.05, 3.63) is 11.6 Å². The zero-order valence-corrected chi connectivity index (χ0v) is 24.0. The molecular formula is C31H60O3. The molecule has 0 aromatic carbocycles.